The lowest BCUT2D eigenvalue weighted by atomic mass is 10.2. The number of hydrogen-bond acceptors (Lipinski definition) is 7. The number of aryl methyl sites for hydroxylation is 1. The summed E-state index contributed by atoms with van der Waals surface area (Å²) in [6.07, 6.45) is 0. The van der Waals surface area contributed by atoms with Crippen LogP contribution in [0.3, 0.4) is 0 Å². The monoisotopic (exact) mass is 522 g/mol. The lowest BCUT2D eigenvalue weighted by Crippen LogP contribution is -2.18. The number of nitrogens with zero attached hydrogens (tertiary/aromatic N) is 2. The Hall–Kier alpha value is -2.80. The smallest absolute Gasteiger partial charge is 0.261 e. The van der Waals surface area contributed by atoms with Crippen molar-refractivity contribution in [2.24, 2.45) is 7.05 Å². The largest absolute Gasteiger partial charge is 0.378 e. The van der Waals surface area contributed by atoms with Crippen molar-refractivity contribution in [2.75, 3.05) is 28.4 Å². The van der Waals surface area contributed by atoms with Crippen molar-refractivity contribution in [3.63, 3.8) is 0 Å². The summed E-state index contributed by atoms with van der Waals surface area (Å²) < 4.78 is 47.2. The molecule has 0 bridgehead atoms. The third kappa shape index (κ3) is 4.64. The van der Waals surface area contributed by atoms with Crippen LogP contribution in [0.2, 0.25) is 0 Å². The molecule has 33 heavy (non-hydrogen) atoms. The number of sulfonamides is 1. The Morgan fingerprint density at radius 3 is 2.42 bits per heavy atom. The Morgan fingerprint density at radius 1 is 1.00 bits per heavy atom. The highest BCUT2D eigenvalue weighted by atomic mass is 32.2. The molecule has 0 aliphatic heterocycles. The van der Waals surface area contributed by atoms with E-state index in [1.165, 1.54) is 23.5 Å². The van der Waals surface area contributed by atoms with Gasteiger partial charge in [-0.2, -0.15) is 0 Å². The highest BCUT2D eigenvalue weighted by Crippen LogP contribution is 2.32. The molecule has 0 aliphatic rings. The molecule has 0 amide bonds. The first-order valence-corrected chi connectivity index (χ1v) is 14.5. The molecule has 1 atom stereocenters. The number of benzene rings is 2. The summed E-state index contributed by atoms with van der Waals surface area (Å²) in [6.45, 7) is 0. The van der Waals surface area contributed by atoms with Crippen LogP contribution in [0.1, 0.15) is 0 Å². The number of aromatic nitrogens is 1. The number of fused-ring (bicyclic) bond motifs is 1. The summed E-state index contributed by atoms with van der Waals surface area (Å²) in [6, 6.07) is 13.0. The van der Waals surface area contributed by atoms with Gasteiger partial charge < -0.3 is 9.62 Å². The summed E-state index contributed by atoms with van der Waals surface area (Å²) in [5, 5.41) is 2.13. The third-order valence-corrected chi connectivity index (χ3v) is 10.2. The molecule has 0 saturated heterocycles. The van der Waals surface area contributed by atoms with Crippen molar-refractivity contribution in [1.82, 2.24) is 3.96 Å². The summed E-state index contributed by atoms with van der Waals surface area (Å²) >= 11 is 2.31. The molecule has 8 nitrogen and oxygen atoms in total. The summed E-state index contributed by atoms with van der Waals surface area (Å²) in [5.74, 6) is 3.81. The second-order valence-corrected chi connectivity index (χ2v) is 13.5. The second-order valence-electron chi connectivity index (χ2n) is 7.49. The first-order valence-electron chi connectivity index (χ1n) is 9.61. The Morgan fingerprint density at radius 2 is 1.76 bits per heavy atom. The molecule has 0 saturated carbocycles. The molecule has 12 heteroatoms. The van der Waals surface area contributed by atoms with E-state index in [1.54, 1.807) is 52.8 Å². The normalized spacial score (nSPS) is 13.5. The molecule has 2 aromatic heterocycles. The highest BCUT2D eigenvalue weighted by molar-refractivity contribution is 8.03. The van der Waals surface area contributed by atoms with E-state index in [0.717, 1.165) is 17.2 Å². The average molecular weight is 523 g/mol. The van der Waals surface area contributed by atoms with E-state index in [1.807, 2.05) is 19.0 Å². The molecule has 2 aromatic carbocycles. The highest BCUT2D eigenvalue weighted by Gasteiger charge is 2.20. The van der Waals surface area contributed by atoms with Gasteiger partial charge in [-0.15, -0.1) is 11.3 Å². The minimum Gasteiger partial charge on any atom is -0.378 e. The topological polar surface area (TPSA) is 101 Å². The summed E-state index contributed by atoms with van der Waals surface area (Å²) in [7, 11) is -1.54. The Labute approximate surface area is 200 Å². The molecule has 4 rings (SSSR count). The number of anilines is 3. The average Bonchev–Trinajstić information content (AvgIpc) is 3.38. The zero-order chi connectivity index (χ0) is 24.0. The molecular weight excluding hydrogens is 501 g/mol. The van der Waals surface area contributed by atoms with Gasteiger partial charge in [-0.3, -0.25) is 13.5 Å². The maximum atomic E-state index is 13.2. The van der Waals surface area contributed by atoms with Crippen molar-refractivity contribution < 1.29 is 12.6 Å². The van der Waals surface area contributed by atoms with Gasteiger partial charge in [-0.05, 0) is 65.2 Å². The van der Waals surface area contributed by atoms with E-state index in [-0.39, 0.29) is 15.3 Å². The van der Waals surface area contributed by atoms with Crippen LogP contribution in [-0.4, -0.2) is 36.5 Å². The molecule has 0 aliphatic carbocycles. The van der Waals surface area contributed by atoms with E-state index in [9.17, 15) is 17.4 Å². The van der Waals surface area contributed by atoms with Crippen LogP contribution in [0.4, 0.5) is 17.1 Å². The van der Waals surface area contributed by atoms with Crippen LogP contribution < -0.4 is 19.1 Å². The van der Waals surface area contributed by atoms with Crippen molar-refractivity contribution in [1.29, 1.82) is 0 Å². The fraction of sp³-hybridized carbons (Fsp3) is 0.143. The van der Waals surface area contributed by atoms with Crippen LogP contribution in [0, 0.1) is 0 Å². The number of thiophene rings is 1. The first kappa shape index (κ1) is 23.4. The molecule has 4 aromatic rings. The second kappa shape index (κ2) is 8.52. The van der Waals surface area contributed by atoms with Gasteiger partial charge in [0.25, 0.3) is 14.8 Å². The van der Waals surface area contributed by atoms with Gasteiger partial charge >= 0.3 is 0 Å². The molecule has 0 spiro atoms. The van der Waals surface area contributed by atoms with Crippen molar-refractivity contribution in [2.45, 2.75) is 9.10 Å². The van der Waals surface area contributed by atoms with Crippen LogP contribution >= 0.6 is 22.9 Å². The van der Waals surface area contributed by atoms with E-state index in [4.69, 9.17) is 0 Å². The maximum absolute atomic E-state index is 13.2. The number of rotatable bonds is 7. The van der Waals surface area contributed by atoms with Crippen molar-refractivity contribution >= 4 is 76.4 Å². The van der Waals surface area contributed by atoms with Gasteiger partial charge in [0, 0.05) is 26.8 Å². The first-order chi connectivity index (χ1) is 15.5. The van der Waals surface area contributed by atoms with E-state index in [2.05, 4.69) is 15.3 Å². The molecule has 1 unspecified atom stereocenters. The molecule has 174 valence electrons. The van der Waals surface area contributed by atoms with Gasteiger partial charge in [-0.25, -0.2) is 12.6 Å². The van der Waals surface area contributed by atoms with E-state index in [0.29, 0.717) is 20.8 Å². The van der Waals surface area contributed by atoms with Crippen molar-refractivity contribution in [3.05, 3.63) is 63.4 Å². The summed E-state index contributed by atoms with van der Waals surface area (Å²) in [5.41, 5.74) is 1.94. The lowest BCUT2D eigenvalue weighted by Gasteiger charge is -2.20. The fourth-order valence-corrected chi connectivity index (χ4v) is 7.37. The predicted octanol–water partition coefficient (Wildman–Crippen LogP) is 3.63. The predicted molar refractivity (Wildman–Crippen MR) is 140 cm³/mol. The SMILES string of the molecule is C=S(=O)(Nc1ccc(N(C)C)cc1NS(=O)(=O)c1ccc2c(c1)c(=O)sn2C)c1cccs1. The van der Waals surface area contributed by atoms with E-state index >= 15 is 0 Å². The zero-order valence-electron chi connectivity index (χ0n) is 18.1. The van der Waals surface area contributed by atoms with Gasteiger partial charge in [0.15, 0.2) is 0 Å². The van der Waals surface area contributed by atoms with Gasteiger partial charge in [0.2, 0.25) is 0 Å². The van der Waals surface area contributed by atoms with Gasteiger partial charge in [-0.1, -0.05) is 6.07 Å². The molecule has 0 fully saturated rings. The van der Waals surface area contributed by atoms with Gasteiger partial charge in [0.05, 0.1) is 36.9 Å². The van der Waals surface area contributed by atoms with Gasteiger partial charge in [0.1, 0.15) is 4.21 Å². The maximum Gasteiger partial charge on any atom is 0.261 e. The minimum absolute atomic E-state index is 0.0414. The Bertz CT molecular complexity index is 1600. The zero-order valence-corrected chi connectivity index (χ0v) is 21.3. The number of hydrogen-bond donors (Lipinski definition) is 2. The Balaban J connectivity index is 1.76. The standard InChI is InChI=1S/C21H22N4O4S4/c1-24(2)14-7-9-17(22-32(4,27)20-6-5-11-30-20)18(12-14)23-33(28,29)15-8-10-19-16(13-15)21(26)31-25(19)3/h5-13,23H,4H2,1-3H3,(H,22,27). The van der Waals surface area contributed by atoms with Crippen LogP contribution in [0.25, 0.3) is 10.9 Å². The molecule has 0 radical (unpaired) electrons. The van der Waals surface area contributed by atoms with Crippen LogP contribution in [0.15, 0.2) is 67.8 Å². The minimum atomic E-state index is -4.05. The van der Waals surface area contributed by atoms with Crippen LogP contribution in [0.5, 0.6) is 0 Å². The summed E-state index contributed by atoms with van der Waals surface area (Å²) in [4.78, 5) is 14.0. The van der Waals surface area contributed by atoms with Crippen LogP contribution in [-0.2, 0) is 26.8 Å². The molecule has 2 heterocycles. The third-order valence-electron chi connectivity index (χ3n) is 4.92. The lowest BCUT2D eigenvalue weighted by molar-refractivity contribution is 0.601. The molecular formula is C21H22N4O4S4. The molecule has 2 N–H and O–H groups in total. The Kier molecular flexibility index (Phi) is 6.03. The van der Waals surface area contributed by atoms with Crippen molar-refractivity contribution in [3.8, 4) is 0 Å². The number of nitrogens with one attached hydrogen (secondary N) is 2. The fourth-order valence-electron chi connectivity index (χ4n) is 3.21. The van der Waals surface area contributed by atoms with E-state index < -0.39 is 19.7 Å². The quantitative estimate of drug-likeness (QED) is 0.361.